The van der Waals surface area contributed by atoms with Crippen molar-refractivity contribution in [3.63, 3.8) is 0 Å². The van der Waals surface area contributed by atoms with Gasteiger partial charge in [0.15, 0.2) is 0 Å². The molecule has 0 fully saturated rings. The Hall–Kier alpha value is -2.20. The molecular formula is C14H16F7NO7S. The summed E-state index contributed by atoms with van der Waals surface area (Å²) in [4.78, 5) is 23.5. The smallest absolute Gasteiger partial charge is 0.412 e. The quantitative estimate of drug-likeness (QED) is 0.117. The number of nitrogens with one attached hydrogen (secondary N) is 1. The van der Waals surface area contributed by atoms with Gasteiger partial charge in [0.2, 0.25) is 0 Å². The average molecular weight is 475 g/mol. The van der Waals surface area contributed by atoms with Crippen molar-refractivity contribution in [1.82, 2.24) is 5.32 Å². The number of carbonyl (C=O) groups excluding carboxylic acids is 2. The summed E-state index contributed by atoms with van der Waals surface area (Å²) in [6.45, 7) is 4.21. The molecule has 174 valence electrons. The zero-order chi connectivity index (χ0) is 24.2. The van der Waals surface area contributed by atoms with E-state index in [1.165, 1.54) is 0 Å². The molecule has 0 spiro atoms. The van der Waals surface area contributed by atoms with E-state index in [2.05, 4.69) is 22.6 Å². The van der Waals surface area contributed by atoms with Gasteiger partial charge in [-0.2, -0.15) is 39.2 Å². The van der Waals surface area contributed by atoms with Crippen molar-refractivity contribution in [2.24, 2.45) is 0 Å². The lowest BCUT2D eigenvalue weighted by Gasteiger charge is -2.33. The Labute approximate surface area is 165 Å². The monoisotopic (exact) mass is 475 g/mol. The van der Waals surface area contributed by atoms with E-state index in [4.69, 9.17) is 4.55 Å². The normalized spacial score (nSPS) is 15.1. The van der Waals surface area contributed by atoms with Crippen molar-refractivity contribution < 1.29 is 62.8 Å². The number of rotatable bonds is 11. The van der Waals surface area contributed by atoms with Crippen LogP contribution in [-0.4, -0.2) is 61.1 Å². The fraction of sp³-hybridized carbons (Fsp3) is 0.571. The second-order valence-corrected chi connectivity index (χ2v) is 7.04. The van der Waals surface area contributed by atoms with Crippen LogP contribution in [0, 0.1) is 0 Å². The van der Waals surface area contributed by atoms with Crippen molar-refractivity contribution in [2.75, 3.05) is 13.2 Å². The van der Waals surface area contributed by atoms with Gasteiger partial charge in [-0.1, -0.05) is 12.7 Å². The van der Waals surface area contributed by atoms with Crippen molar-refractivity contribution in [1.29, 1.82) is 0 Å². The third kappa shape index (κ3) is 5.91. The summed E-state index contributed by atoms with van der Waals surface area (Å²) in [5, 5.41) is -4.55. The largest absolute Gasteiger partial charge is 0.466 e. The molecule has 0 aromatic carbocycles. The molecule has 1 atom stereocenters. The zero-order valence-corrected chi connectivity index (χ0v) is 15.9. The second kappa shape index (κ2) is 9.30. The zero-order valence-electron chi connectivity index (χ0n) is 15.1. The predicted octanol–water partition coefficient (Wildman–Crippen LogP) is 2.19. The molecule has 1 amide bonds. The molecule has 0 aliphatic rings. The van der Waals surface area contributed by atoms with Gasteiger partial charge in [-0.05, 0) is 6.92 Å². The highest BCUT2D eigenvalue weighted by molar-refractivity contribution is 7.87. The van der Waals surface area contributed by atoms with E-state index in [1.54, 1.807) is 5.32 Å². The number of hydrogen-bond acceptors (Lipinski definition) is 6. The fourth-order valence-electron chi connectivity index (χ4n) is 1.57. The lowest BCUT2D eigenvalue weighted by Crippen LogP contribution is -2.62. The minimum atomic E-state index is -6.66. The molecule has 0 saturated carbocycles. The van der Waals surface area contributed by atoms with Gasteiger partial charge in [-0.25, -0.2) is 4.79 Å². The first-order valence-electron chi connectivity index (χ1n) is 7.48. The highest BCUT2D eigenvalue weighted by Crippen LogP contribution is 2.42. The Bertz CT molecular complexity index is 795. The van der Waals surface area contributed by atoms with Crippen LogP contribution < -0.4 is 5.32 Å². The second-order valence-electron chi connectivity index (χ2n) is 5.58. The van der Waals surface area contributed by atoms with Crippen LogP contribution in [-0.2, 0) is 29.2 Å². The summed E-state index contributed by atoms with van der Waals surface area (Å²) >= 11 is 0. The van der Waals surface area contributed by atoms with Gasteiger partial charge in [0.25, 0.3) is 0 Å². The standard InChI is InChI=1S/C14H16F7NO7S/c1-4-6-22-10(24)12(13(17,18)19,29-9(23)8(2)3)28-7-5-11(15,16)14(20,21)30(25,26)27/h4H,1-2,5-7H2,3H3,(H,22,24)(H,25,26,27). The number of alkyl halides is 7. The lowest BCUT2D eigenvalue weighted by molar-refractivity contribution is -0.349. The minimum absolute atomic E-state index is 0.637. The van der Waals surface area contributed by atoms with E-state index in [0.29, 0.717) is 0 Å². The lowest BCUT2D eigenvalue weighted by atomic mass is 10.2. The van der Waals surface area contributed by atoms with Crippen molar-refractivity contribution in [2.45, 2.75) is 36.5 Å². The van der Waals surface area contributed by atoms with Crippen molar-refractivity contribution >= 4 is 22.0 Å². The highest BCUT2D eigenvalue weighted by Gasteiger charge is 2.68. The Morgan fingerprint density at radius 1 is 1.13 bits per heavy atom. The third-order valence-corrected chi connectivity index (χ3v) is 4.08. The number of amides is 1. The summed E-state index contributed by atoms with van der Waals surface area (Å²) in [6.07, 6.45) is -7.46. The molecule has 0 rings (SSSR count). The Morgan fingerprint density at radius 2 is 1.63 bits per heavy atom. The molecule has 30 heavy (non-hydrogen) atoms. The fourth-order valence-corrected chi connectivity index (χ4v) is 2.05. The summed E-state index contributed by atoms with van der Waals surface area (Å²) in [7, 11) is -6.66. The van der Waals surface area contributed by atoms with Crippen LogP contribution in [0.25, 0.3) is 0 Å². The summed E-state index contributed by atoms with van der Waals surface area (Å²) < 4.78 is 131. The van der Waals surface area contributed by atoms with E-state index in [-0.39, 0.29) is 0 Å². The summed E-state index contributed by atoms with van der Waals surface area (Å²) in [6, 6.07) is 0. The summed E-state index contributed by atoms with van der Waals surface area (Å²) in [5.74, 6) is -14.3. The van der Waals surface area contributed by atoms with Crippen LogP contribution in [0.5, 0.6) is 0 Å². The van der Waals surface area contributed by atoms with E-state index in [1.807, 2.05) is 0 Å². The van der Waals surface area contributed by atoms with Gasteiger partial charge in [0, 0.05) is 18.5 Å². The SMILES string of the molecule is C=CCNC(=O)C(OCCC(F)(F)C(F)(F)S(=O)(=O)O)(OC(=O)C(=C)C)C(F)(F)F. The number of carbonyl (C=O) groups is 2. The van der Waals surface area contributed by atoms with Crippen molar-refractivity contribution in [3.8, 4) is 0 Å². The summed E-state index contributed by atoms with van der Waals surface area (Å²) in [5.41, 5.74) is -0.674. The van der Waals surface area contributed by atoms with Gasteiger partial charge < -0.3 is 14.8 Å². The Balaban J connectivity index is 5.99. The Kier molecular flexibility index (Phi) is 8.62. The van der Waals surface area contributed by atoms with E-state index >= 15 is 0 Å². The maximum atomic E-state index is 13.5. The van der Waals surface area contributed by atoms with Crippen LogP contribution in [0.2, 0.25) is 0 Å². The molecule has 2 N–H and O–H groups in total. The molecule has 0 heterocycles. The average Bonchev–Trinajstić information content (AvgIpc) is 2.55. The predicted molar refractivity (Wildman–Crippen MR) is 84.9 cm³/mol. The van der Waals surface area contributed by atoms with E-state index < -0.39 is 70.3 Å². The molecule has 0 saturated heterocycles. The number of halogens is 7. The first-order chi connectivity index (χ1) is 13.3. The highest BCUT2D eigenvalue weighted by atomic mass is 32.2. The van der Waals surface area contributed by atoms with Crippen LogP contribution in [0.15, 0.2) is 24.8 Å². The van der Waals surface area contributed by atoms with Gasteiger partial charge in [0.1, 0.15) is 0 Å². The topological polar surface area (TPSA) is 119 Å². The molecule has 0 aliphatic heterocycles. The molecule has 0 bridgehead atoms. The number of esters is 1. The van der Waals surface area contributed by atoms with E-state index in [9.17, 15) is 48.7 Å². The molecule has 0 aliphatic carbocycles. The van der Waals surface area contributed by atoms with Crippen LogP contribution in [0.4, 0.5) is 30.7 Å². The van der Waals surface area contributed by atoms with E-state index in [0.717, 1.165) is 13.0 Å². The first-order valence-corrected chi connectivity index (χ1v) is 8.92. The molecule has 0 aromatic rings. The van der Waals surface area contributed by atoms with Gasteiger partial charge in [0.05, 0.1) is 6.61 Å². The first kappa shape index (κ1) is 27.8. The van der Waals surface area contributed by atoms with Crippen molar-refractivity contribution in [3.05, 3.63) is 24.8 Å². The Morgan fingerprint density at radius 3 is 2.00 bits per heavy atom. The minimum Gasteiger partial charge on any atom is -0.412 e. The van der Waals surface area contributed by atoms with Crippen LogP contribution in [0.3, 0.4) is 0 Å². The molecule has 8 nitrogen and oxygen atoms in total. The van der Waals surface area contributed by atoms with Gasteiger partial charge >= 0.3 is 45.1 Å². The molecule has 0 aromatic heterocycles. The third-order valence-electron chi connectivity index (χ3n) is 3.14. The maximum absolute atomic E-state index is 13.5. The van der Waals surface area contributed by atoms with Crippen LogP contribution >= 0.6 is 0 Å². The van der Waals surface area contributed by atoms with Gasteiger partial charge in [-0.15, -0.1) is 6.58 Å². The molecule has 16 heteroatoms. The molecule has 1 unspecified atom stereocenters. The number of hydrogen-bond donors (Lipinski definition) is 2. The van der Waals surface area contributed by atoms with Gasteiger partial charge in [-0.3, -0.25) is 9.35 Å². The maximum Gasteiger partial charge on any atom is 0.466 e. The van der Waals surface area contributed by atoms with Crippen LogP contribution in [0.1, 0.15) is 13.3 Å². The number of ether oxygens (including phenoxy) is 2. The molecular weight excluding hydrogens is 459 g/mol. The molecule has 0 radical (unpaired) electrons.